The van der Waals surface area contributed by atoms with Crippen molar-refractivity contribution in [2.45, 2.75) is 66.2 Å². The third-order valence-electron chi connectivity index (χ3n) is 8.06. The Kier molecular flexibility index (Phi) is 4.01. The largest absolute Gasteiger partial charge is 0.396 e. The fraction of sp³-hybridized carbons (Fsp3) is 0.900. The third-order valence-corrected chi connectivity index (χ3v) is 8.06. The first kappa shape index (κ1) is 16.5. The van der Waals surface area contributed by atoms with E-state index in [1.807, 2.05) is 0 Å². The molecule has 2 heteroatoms. The van der Waals surface area contributed by atoms with E-state index < -0.39 is 0 Å². The molecule has 3 aliphatic rings. The Hall–Kier alpha value is -0.340. The van der Waals surface area contributed by atoms with Gasteiger partial charge in [0.25, 0.3) is 0 Å². The van der Waals surface area contributed by atoms with E-state index in [2.05, 4.69) is 33.8 Å². The molecule has 0 heterocycles. The van der Waals surface area contributed by atoms with E-state index in [0.29, 0.717) is 16.7 Å². The summed E-state index contributed by atoms with van der Waals surface area (Å²) in [5.74, 6) is 1.60. The van der Waals surface area contributed by atoms with Crippen LogP contribution in [0, 0.1) is 34.0 Å². The topological polar surface area (TPSA) is 40.5 Å². The van der Waals surface area contributed by atoms with Crippen LogP contribution in [0.25, 0.3) is 0 Å². The molecule has 0 bridgehead atoms. The number of rotatable bonds is 2. The van der Waals surface area contributed by atoms with Crippen LogP contribution in [0.2, 0.25) is 0 Å². The van der Waals surface area contributed by atoms with Crippen LogP contribution in [-0.2, 0) is 0 Å². The molecule has 3 aliphatic carbocycles. The summed E-state index contributed by atoms with van der Waals surface area (Å²) in [6, 6.07) is 0. The van der Waals surface area contributed by atoms with Gasteiger partial charge in [-0.15, -0.1) is 0 Å². The van der Waals surface area contributed by atoms with Crippen LogP contribution in [-0.4, -0.2) is 23.4 Å². The van der Waals surface area contributed by atoms with Crippen LogP contribution in [0.4, 0.5) is 0 Å². The minimum absolute atomic E-state index is 0.110. The van der Waals surface area contributed by atoms with Gasteiger partial charge in [0.1, 0.15) is 0 Å². The molecule has 5 atom stereocenters. The first-order valence-electron chi connectivity index (χ1n) is 9.20. The normalized spacial score (nSPS) is 47.4. The lowest BCUT2D eigenvalue weighted by Gasteiger charge is -2.65. The van der Waals surface area contributed by atoms with E-state index >= 15 is 0 Å². The predicted molar refractivity (Wildman–Crippen MR) is 90.4 cm³/mol. The lowest BCUT2D eigenvalue weighted by atomic mass is 9.40. The minimum atomic E-state index is 0.110. The second-order valence-electron chi connectivity index (χ2n) is 9.41. The molecular weight excluding hydrogens is 272 g/mol. The molecule has 2 N–H and O–H groups in total. The summed E-state index contributed by atoms with van der Waals surface area (Å²) in [5.41, 5.74) is 2.07. The second kappa shape index (κ2) is 5.34. The third kappa shape index (κ3) is 2.13. The van der Waals surface area contributed by atoms with Gasteiger partial charge >= 0.3 is 0 Å². The Labute approximate surface area is 136 Å². The summed E-state index contributed by atoms with van der Waals surface area (Å²) < 4.78 is 0. The molecule has 2 saturated carbocycles. The molecule has 0 spiro atoms. The smallest absolute Gasteiger partial charge is 0.0645 e. The van der Waals surface area contributed by atoms with Crippen molar-refractivity contribution in [2.75, 3.05) is 13.2 Å². The van der Waals surface area contributed by atoms with Crippen molar-refractivity contribution >= 4 is 0 Å². The molecule has 2 fully saturated rings. The van der Waals surface area contributed by atoms with Gasteiger partial charge in [0.15, 0.2) is 0 Å². The van der Waals surface area contributed by atoms with Gasteiger partial charge in [0.05, 0.1) is 13.2 Å². The molecule has 0 aromatic carbocycles. The molecule has 0 saturated heterocycles. The Bertz CT molecular complexity index is 466. The highest BCUT2D eigenvalue weighted by Gasteiger charge is 2.60. The molecule has 126 valence electrons. The van der Waals surface area contributed by atoms with Crippen molar-refractivity contribution in [3.05, 3.63) is 11.6 Å². The van der Waals surface area contributed by atoms with Crippen molar-refractivity contribution in [2.24, 2.45) is 34.0 Å². The SMILES string of the molecule is CC1(C)CCC[C@@]2(C)[C@@H]3CC=C(CO)[C@H](CO)[C@@]3(C)CC[C@H]12. The predicted octanol–water partition coefficient (Wildman–Crippen LogP) is 4.17. The minimum Gasteiger partial charge on any atom is -0.396 e. The average molecular weight is 306 g/mol. The van der Waals surface area contributed by atoms with Gasteiger partial charge in [0.2, 0.25) is 0 Å². The fourth-order valence-corrected chi connectivity index (χ4v) is 6.98. The summed E-state index contributed by atoms with van der Waals surface area (Å²) in [6.45, 7) is 10.2. The number of hydrogen-bond donors (Lipinski definition) is 2. The van der Waals surface area contributed by atoms with Crippen LogP contribution < -0.4 is 0 Å². The highest BCUT2D eigenvalue weighted by atomic mass is 16.3. The van der Waals surface area contributed by atoms with Gasteiger partial charge in [-0.2, -0.15) is 0 Å². The standard InChI is InChI=1S/C20H34O2/c1-18(2)9-5-10-20(4)16(18)8-11-19(3)15(13-22)14(12-21)6-7-17(19)20/h6,15-17,21-22H,5,7-13H2,1-4H3/t15-,16+,17+,19+,20+/m0/s1. The summed E-state index contributed by atoms with van der Waals surface area (Å²) in [4.78, 5) is 0. The Balaban J connectivity index is 2.02. The molecule has 0 unspecified atom stereocenters. The molecule has 0 amide bonds. The Morgan fingerprint density at radius 2 is 1.73 bits per heavy atom. The number of hydrogen-bond acceptors (Lipinski definition) is 2. The van der Waals surface area contributed by atoms with Gasteiger partial charge in [-0.1, -0.05) is 40.2 Å². The zero-order valence-corrected chi connectivity index (χ0v) is 14.9. The fourth-order valence-electron chi connectivity index (χ4n) is 6.98. The molecule has 3 rings (SSSR count). The summed E-state index contributed by atoms with van der Waals surface area (Å²) in [6.07, 6.45) is 9.86. The first-order chi connectivity index (χ1) is 10.3. The average Bonchev–Trinajstić information content (AvgIpc) is 2.44. The summed E-state index contributed by atoms with van der Waals surface area (Å²) >= 11 is 0. The lowest BCUT2D eigenvalue weighted by Crippen LogP contribution is -2.58. The number of aliphatic hydroxyl groups is 2. The van der Waals surface area contributed by atoms with Crippen LogP contribution in [0.5, 0.6) is 0 Å². The Morgan fingerprint density at radius 3 is 2.36 bits per heavy atom. The molecule has 0 aromatic rings. The van der Waals surface area contributed by atoms with Gasteiger partial charge in [-0.3, -0.25) is 0 Å². The zero-order valence-electron chi connectivity index (χ0n) is 14.9. The summed E-state index contributed by atoms with van der Waals surface area (Å²) in [5, 5.41) is 19.7. The van der Waals surface area contributed by atoms with Crippen molar-refractivity contribution < 1.29 is 10.2 Å². The molecular formula is C20H34O2. The van der Waals surface area contributed by atoms with Crippen molar-refractivity contribution in [3.63, 3.8) is 0 Å². The maximum atomic E-state index is 10.0. The number of allylic oxidation sites excluding steroid dienone is 1. The molecule has 0 aliphatic heterocycles. The highest BCUT2D eigenvalue weighted by Crippen LogP contribution is 2.68. The molecule has 0 aromatic heterocycles. The van der Waals surface area contributed by atoms with Gasteiger partial charge < -0.3 is 10.2 Å². The van der Waals surface area contributed by atoms with Crippen LogP contribution >= 0.6 is 0 Å². The van der Waals surface area contributed by atoms with Crippen LogP contribution in [0.15, 0.2) is 11.6 Å². The van der Waals surface area contributed by atoms with Gasteiger partial charge in [0, 0.05) is 5.92 Å². The monoisotopic (exact) mass is 306 g/mol. The Morgan fingerprint density at radius 1 is 1.00 bits per heavy atom. The van der Waals surface area contributed by atoms with E-state index in [4.69, 9.17) is 0 Å². The summed E-state index contributed by atoms with van der Waals surface area (Å²) in [7, 11) is 0. The molecule has 22 heavy (non-hydrogen) atoms. The van der Waals surface area contributed by atoms with E-state index in [9.17, 15) is 10.2 Å². The van der Waals surface area contributed by atoms with E-state index in [-0.39, 0.29) is 24.5 Å². The van der Waals surface area contributed by atoms with E-state index in [1.165, 1.54) is 32.1 Å². The van der Waals surface area contributed by atoms with Crippen molar-refractivity contribution in [1.29, 1.82) is 0 Å². The van der Waals surface area contributed by atoms with Crippen molar-refractivity contribution in [1.82, 2.24) is 0 Å². The first-order valence-corrected chi connectivity index (χ1v) is 9.20. The second-order valence-corrected chi connectivity index (χ2v) is 9.41. The zero-order chi connectivity index (χ0) is 16.2. The maximum Gasteiger partial charge on any atom is 0.0645 e. The molecule has 2 nitrogen and oxygen atoms in total. The molecule has 0 radical (unpaired) electrons. The van der Waals surface area contributed by atoms with E-state index in [1.54, 1.807) is 0 Å². The quantitative estimate of drug-likeness (QED) is 0.752. The van der Waals surface area contributed by atoms with Crippen LogP contribution in [0.3, 0.4) is 0 Å². The number of aliphatic hydroxyl groups excluding tert-OH is 2. The number of fused-ring (bicyclic) bond motifs is 3. The van der Waals surface area contributed by atoms with E-state index in [0.717, 1.165) is 17.9 Å². The van der Waals surface area contributed by atoms with Gasteiger partial charge in [-0.05, 0) is 65.8 Å². The maximum absolute atomic E-state index is 10.0. The highest BCUT2D eigenvalue weighted by molar-refractivity contribution is 5.22. The van der Waals surface area contributed by atoms with Gasteiger partial charge in [-0.25, -0.2) is 0 Å². The lowest BCUT2D eigenvalue weighted by molar-refractivity contribution is -0.150. The van der Waals surface area contributed by atoms with Crippen molar-refractivity contribution in [3.8, 4) is 0 Å². The van der Waals surface area contributed by atoms with Crippen LogP contribution in [0.1, 0.15) is 66.2 Å².